The normalized spacial score (nSPS) is 11.7. The maximum Gasteiger partial charge on any atom is 0.340 e. The fraction of sp³-hybridized carbons (Fsp3) is 0.364. The van der Waals surface area contributed by atoms with Gasteiger partial charge in [0.2, 0.25) is 0 Å². The van der Waals surface area contributed by atoms with Crippen LogP contribution in [0.25, 0.3) is 11.0 Å². The minimum atomic E-state index is -0.562. The van der Waals surface area contributed by atoms with Gasteiger partial charge in [-0.1, -0.05) is 17.0 Å². The number of para-hydroxylation sites is 1. The molecule has 5 nitrogen and oxygen atoms in total. The quantitative estimate of drug-likeness (QED) is 0.681. The molecule has 0 atom stereocenters. The Hall–Kier alpha value is -1.91. The zero-order chi connectivity index (χ0) is 11.8. The number of fused-ring (bicyclic) bond motifs is 1. The third-order valence-electron chi connectivity index (χ3n) is 2.10. The van der Waals surface area contributed by atoms with Gasteiger partial charge >= 0.3 is 5.97 Å². The van der Waals surface area contributed by atoms with Crippen LogP contribution in [0, 0.1) is 5.41 Å². The number of rotatable bonds is 1. The number of nitrogens with zero attached hydrogens (tertiary/aromatic N) is 3. The molecule has 0 saturated carbocycles. The van der Waals surface area contributed by atoms with Crippen LogP contribution in [0.3, 0.4) is 0 Å². The second kappa shape index (κ2) is 3.59. The van der Waals surface area contributed by atoms with Gasteiger partial charge in [0.05, 0.1) is 5.41 Å². The topological polar surface area (TPSA) is 57.0 Å². The average Bonchev–Trinajstić information content (AvgIpc) is 2.61. The van der Waals surface area contributed by atoms with Crippen LogP contribution in [0.4, 0.5) is 0 Å². The summed E-state index contributed by atoms with van der Waals surface area (Å²) in [5.74, 6) is -0.344. The Bertz CT molecular complexity index is 525. The van der Waals surface area contributed by atoms with E-state index in [0.29, 0.717) is 11.0 Å². The summed E-state index contributed by atoms with van der Waals surface area (Å²) < 4.78 is 0. The second-order valence-corrected chi connectivity index (χ2v) is 4.58. The Labute approximate surface area is 93.0 Å². The molecule has 0 radical (unpaired) electrons. The second-order valence-electron chi connectivity index (χ2n) is 4.58. The molecule has 0 aliphatic heterocycles. The van der Waals surface area contributed by atoms with Gasteiger partial charge in [0.15, 0.2) is 0 Å². The first-order valence-electron chi connectivity index (χ1n) is 5.02. The van der Waals surface area contributed by atoms with E-state index in [1.807, 2.05) is 18.2 Å². The molecule has 1 aromatic carbocycles. The molecule has 0 amide bonds. The Morgan fingerprint density at radius 1 is 1.31 bits per heavy atom. The van der Waals surface area contributed by atoms with Gasteiger partial charge in [0.25, 0.3) is 0 Å². The van der Waals surface area contributed by atoms with Crippen LogP contribution in [0.2, 0.25) is 0 Å². The summed E-state index contributed by atoms with van der Waals surface area (Å²) in [5, 5.41) is 7.66. The largest absolute Gasteiger partial charge is 0.340 e. The van der Waals surface area contributed by atoms with E-state index in [4.69, 9.17) is 4.84 Å². The fourth-order valence-corrected chi connectivity index (χ4v) is 1.13. The van der Waals surface area contributed by atoms with E-state index in [-0.39, 0.29) is 5.97 Å². The molecule has 2 aromatic rings. The van der Waals surface area contributed by atoms with E-state index in [1.54, 1.807) is 26.8 Å². The summed E-state index contributed by atoms with van der Waals surface area (Å²) in [7, 11) is 0. The van der Waals surface area contributed by atoms with Crippen LogP contribution in [0.15, 0.2) is 24.3 Å². The van der Waals surface area contributed by atoms with Crippen molar-refractivity contribution >= 4 is 17.0 Å². The molecule has 5 heteroatoms. The van der Waals surface area contributed by atoms with Crippen LogP contribution in [-0.2, 0) is 4.79 Å². The van der Waals surface area contributed by atoms with Crippen molar-refractivity contribution in [3.8, 4) is 0 Å². The molecule has 16 heavy (non-hydrogen) atoms. The number of hydrogen-bond donors (Lipinski definition) is 0. The van der Waals surface area contributed by atoms with Gasteiger partial charge in [-0.2, -0.15) is 0 Å². The Morgan fingerprint density at radius 2 is 2.00 bits per heavy atom. The SMILES string of the molecule is CC(C)(C)C(=O)On1nnc2ccccc21. The van der Waals surface area contributed by atoms with Crippen molar-refractivity contribution in [2.75, 3.05) is 0 Å². The first kappa shape index (κ1) is 10.6. The summed E-state index contributed by atoms with van der Waals surface area (Å²) in [6, 6.07) is 7.30. The Balaban J connectivity index is 2.32. The van der Waals surface area contributed by atoms with Gasteiger partial charge in [-0.05, 0) is 38.1 Å². The average molecular weight is 219 g/mol. The van der Waals surface area contributed by atoms with Gasteiger partial charge < -0.3 is 4.84 Å². The minimum absolute atomic E-state index is 0.344. The minimum Gasteiger partial charge on any atom is -0.317 e. The zero-order valence-electron chi connectivity index (χ0n) is 9.47. The molecule has 1 heterocycles. The van der Waals surface area contributed by atoms with E-state index in [9.17, 15) is 4.79 Å². The van der Waals surface area contributed by atoms with Crippen LogP contribution in [0.1, 0.15) is 20.8 Å². The van der Waals surface area contributed by atoms with Crippen LogP contribution in [0.5, 0.6) is 0 Å². The van der Waals surface area contributed by atoms with Gasteiger partial charge in [0.1, 0.15) is 11.0 Å². The van der Waals surface area contributed by atoms with Gasteiger partial charge in [-0.3, -0.25) is 0 Å². The standard InChI is InChI=1S/C11H13N3O2/c1-11(2,3)10(15)16-14-9-7-5-4-6-8(9)12-13-14/h4-7H,1-3H3. The Morgan fingerprint density at radius 3 is 2.69 bits per heavy atom. The third-order valence-corrected chi connectivity index (χ3v) is 2.10. The Kier molecular flexibility index (Phi) is 2.38. The zero-order valence-corrected chi connectivity index (χ0v) is 9.47. The van der Waals surface area contributed by atoms with E-state index in [1.165, 1.54) is 0 Å². The molecule has 1 aromatic heterocycles. The highest BCUT2D eigenvalue weighted by Crippen LogP contribution is 2.15. The molecule has 0 aliphatic rings. The summed E-state index contributed by atoms with van der Waals surface area (Å²) in [4.78, 5) is 18.0. The van der Waals surface area contributed by atoms with Crippen molar-refractivity contribution < 1.29 is 9.63 Å². The van der Waals surface area contributed by atoms with Crippen LogP contribution in [-0.4, -0.2) is 21.1 Å². The van der Waals surface area contributed by atoms with Crippen molar-refractivity contribution in [1.82, 2.24) is 15.2 Å². The van der Waals surface area contributed by atoms with E-state index in [2.05, 4.69) is 10.3 Å². The summed E-state index contributed by atoms with van der Waals surface area (Å²) in [5.41, 5.74) is 0.817. The molecule has 0 N–H and O–H groups in total. The molecule has 0 aliphatic carbocycles. The maximum atomic E-state index is 11.7. The first-order valence-corrected chi connectivity index (χ1v) is 5.02. The summed E-state index contributed by atoms with van der Waals surface area (Å²) in [6.07, 6.45) is 0. The van der Waals surface area contributed by atoms with Gasteiger partial charge in [-0.25, -0.2) is 4.79 Å². The van der Waals surface area contributed by atoms with E-state index >= 15 is 0 Å². The summed E-state index contributed by atoms with van der Waals surface area (Å²) in [6.45, 7) is 5.36. The molecule has 0 bridgehead atoms. The van der Waals surface area contributed by atoms with Gasteiger partial charge in [-0.15, -0.1) is 5.10 Å². The molecule has 0 fully saturated rings. The molecule has 2 rings (SSSR count). The highest BCUT2D eigenvalue weighted by Gasteiger charge is 2.25. The lowest BCUT2D eigenvalue weighted by Gasteiger charge is -2.15. The van der Waals surface area contributed by atoms with Crippen LogP contribution < -0.4 is 4.84 Å². The molecule has 84 valence electrons. The molecule has 0 saturated heterocycles. The van der Waals surface area contributed by atoms with E-state index in [0.717, 1.165) is 4.85 Å². The molecular formula is C11H13N3O2. The lowest BCUT2D eigenvalue weighted by Crippen LogP contribution is -2.31. The number of carbonyl (C=O) groups is 1. The predicted molar refractivity (Wildman–Crippen MR) is 58.6 cm³/mol. The third kappa shape index (κ3) is 1.88. The number of hydrogen-bond acceptors (Lipinski definition) is 4. The fourth-order valence-electron chi connectivity index (χ4n) is 1.13. The van der Waals surface area contributed by atoms with Gasteiger partial charge in [0, 0.05) is 0 Å². The monoisotopic (exact) mass is 219 g/mol. The van der Waals surface area contributed by atoms with Crippen LogP contribution >= 0.6 is 0 Å². The van der Waals surface area contributed by atoms with Crippen molar-refractivity contribution in [1.29, 1.82) is 0 Å². The highest BCUT2D eigenvalue weighted by atomic mass is 16.7. The lowest BCUT2D eigenvalue weighted by atomic mass is 9.98. The van der Waals surface area contributed by atoms with Crippen molar-refractivity contribution in [2.45, 2.75) is 20.8 Å². The van der Waals surface area contributed by atoms with E-state index < -0.39 is 5.41 Å². The van der Waals surface area contributed by atoms with Crippen molar-refractivity contribution in [3.05, 3.63) is 24.3 Å². The molecule has 0 spiro atoms. The number of aromatic nitrogens is 3. The summed E-state index contributed by atoms with van der Waals surface area (Å²) >= 11 is 0. The van der Waals surface area contributed by atoms with Crippen molar-refractivity contribution in [3.63, 3.8) is 0 Å². The maximum absolute atomic E-state index is 11.7. The highest BCUT2D eigenvalue weighted by molar-refractivity contribution is 5.78. The first-order chi connectivity index (χ1) is 7.48. The molecular weight excluding hydrogens is 206 g/mol. The smallest absolute Gasteiger partial charge is 0.317 e. The molecule has 0 unspecified atom stereocenters. The number of benzene rings is 1. The predicted octanol–water partition coefficient (Wildman–Crippen LogP) is 1.43. The number of carbonyl (C=O) groups excluding carboxylic acids is 1. The van der Waals surface area contributed by atoms with Crippen molar-refractivity contribution in [2.24, 2.45) is 5.41 Å². The lowest BCUT2D eigenvalue weighted by molar-refractivity contribution is -0.154.